The summed E-state index contributed by atoms with van der Waals surface area (Å²) in [5.41, 5.74) is 7.34. The first-order valence-electron chi connectivity index (χ1n) is 11.5. The maximum atomic E-state index is 12.7. The van der Waals surface area contributed by atoms with Crippen LogP contribution < -0.4 is 15.6 Å². The second-order valence-electron chi connectivity index (χ2n) is 9.33. The normalized spacial score (nSPS) is 11.8. The van der Waals surface area contributed by atoms with Gasteiger partial charge in [-0.15, -0.1) is 0 Å². The van der Waals surface area contributed by atoms with E-state index >= 15 is 0 Å². The zero-order valence-electron chi connectivity index (χ0n) is 20.9. The lowest BCUT2D eigenvalue weighted by molar-refractivity contribution is -0.131. The molecule has 2 aromatic rings. The summed E-state index contributed by atoms with van der Waals surface area (Å²) in [5.74, 6) is -0.166. The third kappa shape index (κ3) is 8.73. The SMILES string of the molecule is C/C(=C\C(=O)O)c1ccc(N(CC(C)C)CC(C)C)c(NC(=O)N/N=C/c2ccc(C)cc2)c1. The summed E-state index contributed by atoms with van der Waals surface area (Å²) < 4.78 is 0. The molecule has 0 aliphatic rings. The monoisotopic (exact) mass is 464 g/mol. The molecule has 0 spiro atoms. The zero-order chi connectivity index (χ0) is 25.3. The molecule has 34 heavy (non-hydrogen) atoms. The number of carboxylic acids is 1. The van der Waals surface area contributed by atoms with Crippen LogP contribution in [0.5, 0.6) is 0 Å². The number of hydrogen-bond donors (Lipinski definition) is 3. The fourth-order valence-electron chi connectivity index (χ4n) is 3.55. The third-order valence-electron chi connectivity index (χ3n) is 5.01. The molecular formula is C27H36N4O3. The summed E-state index contributed by atoms with van der Waals surface area (Å²) >= 11 is 0. The Hall–Kier alpha value is -3.61. The number of aryl methyl sites for hydroxylation is 1. The Bertz CT molecular complexity index is 1030. The lowest BCUT2D eigenvalue weighted by Crippen LogP contribution is -2.33. The van der Waals surface area contributed by atoms with Crippen molar-refractivity contribution in [2.45, 2.75) is 41.5 Å². The maximum absolute atomic E-state index is 12.7. The molecule has 7 heteroatoms. The van der Waals surface area contributed by atoms with Crippen molar-refractivity contribution in [1.82, 2.24) is 5.43 Å². The van der Waals surface area contributed by atoms with Crippen LogP contribution in [-0.4, -0.2) is 36.4 Å². The van der Waals surface area contributed by atoms with Crippen molar-refractivity contribution in [3.05, 3.63) is 65.2 Å². The second-order valence-corrected chi connectivity index (χ2v) is 9.33. The molecule has 182 valence electrons. The molecule has 0 bridgehead atoms. The van der Waals surface area contributed by atoms with Gasteiger partial charge in [0.05, 0.1) is 17.6 Å². The van der Waals surface area contributed by atoms with Gasteiger partial charge in [0.25, 0.3) is 0 Å². The molecule has 0 atom stereocenters. The highest BCUT2D eigenvalue weighted by Crippen LogP contribution is 2.31. The predicted molar refractivity (Wildman–Crippen MR) is 141 cm³/mol. The van der Waals surface area contributed by atoms with Crippen LogP contribution in [0.1, 0.15) is 51.3 Å². The number of nitrogens with zero attached hydrogens (tertiary/aromatic N) is 2. The van der Waals surface area contributed by atoms with Crippen molar-refractivity contribution in [1.29, 1.82) is 0 Å². The molecule has 0 unspecified atom stereocenters. The Morgan fingerprint density at radius 1 is 1.03 bits per heavy atom. The number of aliphatic carboxylic acids is 1. The standard InChI is InChI=1S/C27H36N4O3/c1-18(2)16-31(17-19(3)4)25-12-11-23(21(6)13-26(32)33)14-24(25)29-27(34)30-28-15-22-9-7-20(5)8-10-22/h7-15,18-19H,16-17H2,1-6H3,(H,32,33)(H2,29,30,34)/b21-13+,28-15+. The lowest BCUT2D eigenvalue weighted by atomic mass is 10.0. The van der Waals surface area contributed by atoms with E-state index in [9.17, 15) is 9.59 Å². The number of carbonyl (C=O) groups is 2. The molecule has 2 aromatic carbocycles. The number of anilines is 2. The molecule has 0 aliphatic carbocycles. The van der Waals surface area contributed by atoms with Crippen LogP contribution in [0.3, 0.4) is 0 Å². The van der Waals surface area contributed by atoms with Crippen LogP contribution in [0, 0.1) is 18.8 Å². The van der Waals surface area contributed by atoms with E-state index in [0.29, 0.717) is 23.1 Å². The number of nitrogens with one attached hydrogen (secondary N) is 2. The van der Waals surface area contributed by atoms with Gasteiger partial charge in [0, 0.05) is 19.2 Å². The van der Waals surface area contributed by atoms with Crippen molar-refractivity contribution in [3.8, 4) is 0 Å². The van der Waals surface area contributed by atoms with Crippen LogP contribution >= 0.6 is 0 Å². The van der Waals surface area contributed by atoms with Gasteiger partial charge in [-0.2, -0.15) is 5.10 Å². The summed E-state index contributed by atoms with van der Waals surface area (Å²) in [4.78, 5) is 26.1. The molecule has 7 nitrogen and oxygen atoms in total. The summed E-state index contributed by atoms with van der Waals surface area (Å²) in [6, 6.07) is 13.0. The van der Waals surface area contributed by atoms with E-state index in [-0.39, 0.29) is 0 Å². The van der Waals surface area contributed by atoms with Crippen molar-refractivity contribution in [3.63, 3.8) is 0 Å². The number of rotatable bonds is 10. The molecule has 0 aliphatic heterocycles. The number of hydrogen-bond acceptors (Lipinski definition) is 4. The van der Waals surface area contributed by atoms with E-state index in [1.165, 1.54) is 0 Å². The first-order chi connectivity index (χ1) is 16.0. The van der Waals surface area contributed by atoms with Gasteiger partial charge in [-0.05, 0) is 54.5 Å². The number of amides is 2. The van der Waals surface area contributed by atoms with Crippen molar-refractivity contribution < 1.29 is 14.7 Å². The van der Waals surface area contributed by atoms with E-state index in [1.54, 1.807) is 19.2 Å². The van der Waals surface area contributed by atoms with Crippen LogP contribution in [0.15, 0.2) is 53.6 Å². The van der Waals surface area contributed by atoms with E-state index in [1.807, 2.05) is 43.3 Å². The van der Waals surface area contributed by atoms with Crippen molar-refractivity contribution in [2.75, 3.05) is 23.3 Å². The first kappa shape index (κ1) is 26.6. The average molecular weight is 465 g/mol. The molecule has 0 saturated carbocycles. The quantitative estimate of drug-likeness (QED) is 0.237. The van der Waals surface area contributed by atoms with Crippen LogP contribution in [0.2, 0.25) is 0 Å². The summed E-state index contributed by atoms with van der Waals surface area (Å²) in [6.45, 7) is 14.0. The number of hydrazone groups is 1. The summed E-state index contributed by atoms with van der Waals surface area (Å²) in [5, 5.41) is 16.1. The van der Waals surface area contributed by atoms with Crippen LogP contribution in [0.25, 0.3) is 5.57 Å². The Balaban J connectivity index is 2.32. The van der Waals surface area contributed by atoms with Crippen LogP contribution in [-0.2, 0) is 4.79 Å². The van der Waals surface area contributed by atoms with E-state index < -0.39 is 12.0 Å². The van der Waals surface area contributed by atoms with Gasteiger partial charge >= 0.3 is 12.0 Å². The zero-order valence-corrected chi connectivity index (χ0v) is 20.9. The number of benzene rings is 2. The van der Waals surface area contributed by atoms with E-state index in [0.717, 1.165) is 41.5 Å². The second kappa shape index (κ2) is 12.6. The van der Waals surface area contributed by atoms with Gasteiger partial charge in [0.1, 0.15) is 0 Å². The Kier molecular flexibility index (Phi) is 9.86. The maximum Gasteiger partial charge on any atom is 0.339 e. The highest BCUT2D eigenvalue weighted by atomic mass is 16.4. The van der Waals surface area contributed by atoms with Gasteiger partial charge in [-0.1, -0.05) is 63.6 Å². The fourth-order valence-corrected chi connectivity index (χ4v) is 3.55. The minimum atomic E-state index is -1.01. The number of urea groups is 1. The minimum Gasteiger partial charge on any atom is -0.478 e. The highest BCUT2D eigenvalue weighted by molar-refractivity contribution is 5.96. The number of carbonyl (C=O) groups excluding carboxylic acids is 1. The molecule has 2 rings (SSSR count). The predicted octanol–water partition coefficient (Wildman–Crippen LogP) is 5.76. The molecule has 0 aromatic heterocycles. The van der Waals surface area contributed by atoms with Gasteiger partial charge in [-0.25, -0.2) is 15.0 Å². The van der Waals surface area contributed by atoms with Crippen LogP contribution in [0.4, 0.5) is 16.2 Å². The molecule has 0 radical (unpaired) electrons. The molecule has 0 fully saturated rings. The highest BCUT2D eigenvalue weighted by Gasteiger charge is 2.17. The van der Waals surface area contributed by atoms with E-state index in [4.69, 9.17) is 5.11 Å². The van der Waals surface area contributed by atoms with Crippen molar-refractivity contribution in [2.24, 2.45) is 16.9 Å². The molecule has 3 N–H and O–H groups in total. The van der Waals surface area contributed by atoms with Gasteiger partial charge < -0.3 is 15.3 Å². The summed E-state index contributed by atoms with van der Waals surface area (Å²) in [6.07, 6.45) is 2.74. The van der Waals surface area contributed by atoms with Crippen molar-refractivity contribution >= 4 is 35.2 Å². The molecule has 2 amide bonds. The number of carboxylic acid groups (broad SMARTS) is 1. The third-order valence-corrected chi connectivity index (χ3v) is 5.01. The van der Waals surface area contributed by atoms with Gasteiger partial charge in [0.15, 0.2) is 0 Å². The number of allylic oxidation sites excluding steroid dienone is 1. The molecular weight excluding hydrogens is 428 g/mol. The Morgan fingerprint density at radius 3 is 2.21 bits per heavy atom. The van der Waals surface area contributed by atoms with Gasteiger partial charge in [0.2, 0.25) is 0 Å². The fraction of sp³-hybridized carbons (Fsp3) is 0.370. The smallest absolute Gasteiger partial charge is 0.339 e. The Morgan fingerprint density at radius 2 is 1.65 bits per heavy atom. The minimum absolute atomic E-state index is 0.424. The topological polar surface area (TPSA) is 94.0 Å². The Labute approximate surface area is 202 Å². The van der Waals surface area contributed by atoms with E-state index in [2.05, 4.69) is 48.4 Å². The van der Waals surface area contributed by atoms with Gasteiger partial charge in [-0.3, -0.25) is 0 Å². The average Bonchev–Trinajstić information content (AvgIpc) is 2.73. The first-order valence-corrected chi connectivity index (χ1v) is 11.5. The largest absolute Gasteiger partial charge is 0.478 e. The molecule has 0 heterocycles. The summed E-state index contributed by atoms with van der Waals surface area (Å²) in [7, 11) is 0. The molecule has 0 saturated heterocycles. The lowest BCUT2D eigenvalue weighted by Gasteiger charge is -2.30.